The van der Waals surface area contributed by atoms with Crippen LogP contribution in [0.25, 0.3) is 0 Å². The van der Waals surface area contributed by atoms with Crippen LogP contribution in [0.3, 0.4) is 0 Å². The number of pyridine rings is 1. The molecule has 1 aromatic heterocycles. The largest absolute Gasteiger partial charge is 0.385 e. The zero-order valence-corrected chi connectivity index (χ0v) is 12.3. The highest BCUT2D eigenvalue weighted by atomic mass is 16.3. The lowest BCUT2D eigenvalue weighted by Crippen LogP contribution is -2.34. The highest BCUT2D eigenvalue weighted by Crippen LogP contribution is 2.43. The molecule has 0 radical (unpaired) electrons. The molecule has 2 rings (SSSR count). The minimum atomic E-state index is -0.777. The Hall–Kier alpha value is -1.09. The molecule has 3 heteroatoms. The number of anilines is 1. The highest BCUT2D eigenvalue weighted by Gasteiger charge is 2.37. The monoisotopic (exact) mass is 262 g/mol. The predicted molar refractivity (Wildman–Crippen MR) is 78.7 cm³/mol. The fraction of sp³-hybridized carbons (Fsp3) is 0.688. The van der Waals surface area contributed by atoms with Crippen LogP contribution >= 0.6 is 0 Å². The number of nitrogens with zero attached hydrogens (tertiary/aromatic N) is 1. The second-order valence-electron chi connectivity index (χ2n) is 6.57. The fourth-order valence-electron chi connectivity index (χ4n) is 3.43. The van der Waals surface area contributed by atoms with E-state index in [4.69, 9.17) is 5.73 Å². The van der Waals surface area contributed by atoms with Crippen LogP contribution in [-0.2, 0) is 5.60 Å². The number of nitrogens with two attached hydrogens (primary N) is 1. The molecule has 0 aromatic carbocycles. The van der Waals surface area contributed by atoms with Crippen LogP contribution in [0.15, 0.2) is 12.3 Å². The third-order valence-electron chi connectivity index (χ3n) is 4.19. The van der Waals surface area contributed by atoms with Crippen LogP contribution < -0.4 is 5.73 Å². The third-order valence-corrected chi connectivity index (χ3v) is 4.19. The SMILES string of the molecule is Cc1cnc(N)c(C2(O)CCCC(CC(C)C)C2)c1. The standard InChI is InChI=1S/C16H26N2O/c1-11(2)7-13-5-4-6-16(19,9-13)14-8-12(3)10-18-15(14)17/h8,10-11,13,19H,4-7,9H2,1-3H3,(H2,17,18). The van der Waals surface area contributed by atoms with Gasteiger partial charge in [0.2, 0.25) is 0 Å². The van der Waals surface area contributed by atoms with Crippen molar-refractivity contribution in [3.8, 4) is 0 Å². The first-order valence-corrected chi connectivity index (χ1v) is 7.35. The maximum atomic E-state index is 11.0. The van der Waals surface area contributed by atoms with E-state index in [1.54, 1.807) is 6.20 Å². The van der Waals surface area contributed by atoms with Crippen molar-refractivity contribution in [3.63, 3.8) is 0 Å². The number of hydrogen-bond acceptors (Lipinski definition) is 3. The second kappa shape index (κ2) is 5.49. The Labute approximate surface area is 116 Å². The molecule has 1 fully saturated rings. The van der Waals surface area contributed by atoms with E-state index in [1.807, 2.05) is 13.0 Å². The van der Waals surface area contributed by atoms with E-state index < -0.39 is 5.60 Å². The number of aliphatic hydroxyl groups is 1. The molecule has 0 aliphatic heterocycles. The van der Waals surface area contributed by atoms with Crippen LogP contribution in [0.4, 0.5) is 5.82 Å². The summed E-state index contributed by atoms with van der Waals surface area (Å²) in [6.45, 7) is 6.49. The van der Waals surface area contributed by atoms with Crippen molar-refractivity contribution in [1.29, 1.82) is 0 Å². The third kappa shape index (κ3) is 3.27. The molecule has 1 aliphatic rings. The molecule has 2 unspecified atom stereocenters. The van der Waals surface area contributed by atoms with Gasteiger partial charge in [0.05, 0.1) is 5.60 Å². The van der Waals surface area contributed by atoms with Crippen LogP contribution in [0.1, 0.15) is 57.1 Å². The minimum absolute atomic E-state index is 0.485. The molecule has 3 nitrogen and oxygen atoms in total. The Morgan fingerprint density at radius 2 is 2.26 bits per heavy atom. The molecule has 2 atom stereocenters. The number of aromatic nitrogens is 1. The van der Waals surface area contributed by atoms with Gasteiger partial charge in [-0.3, -0.25) is 0 Å². The molecule has 1 saturated carbocycles. The quantitative estimate of drug-likeness (QED) is 0.877. The summed E-state index contributed by atoms with van der Waals surface area (Å²) in [7, 11) is 0. The maximum absolute atomic E-state index is 11.0. The van der Waals surface area contributed by atoms with Gasteiger partial charge in [0.25, 0.3) is 0 Å². The summed E-state index contributed by atoms with van der Waals surface area (Å²) in [5, 5.41) is 11.0. The Bertz CT molecular complexity index is 444. The number of aryl methyl sites for hydroxylation is 1. The van der Waals surface area contributed by atoms with Crippen molar-refractivity contribution >= 4 is 5.82 Å². The van der Waals surface area contributed by atoms with Crippen LogP contribution in [0, 0.1) is 18.8 Å². The Morgan fingerprint density at radius 1 is 1.53 bits per heavy atom. The lowest BCUT2D eigenvalue weighted by molar-refractivity contribution is -0.0240. The summed E-state index contributed by atoms with van der Waals surface area (Å²) in [4.78, 5) is 4.20. The Kier molecular flexibility index (Phi) is 4.14. The first-order chi connectivity index (χ1) is 8.90. The highest BCUT2D eigenvalue weighted by molar-refractivity contribution is 5.45. The lowest BCUT2D eigenvalue weighted by atomic mass is 9.72. The molecule has 19 heavy (non-hydrogen) atoms. The summed E-state index contributed by atoms with van der Waals surface area (Å²) in [6.07, 6.45) is 6.86. The van der Waals surface area contributed by atoms with Crippen molar-refractivity contribution in [2.45, 2.75) is 58.5 Å². The van der Waals surface area contributed by atoms with Crippen molar-refractivity contribution in [2.24, 2.45) is 11.8 Å². The first kappa shape index (κ1) is 14.3. The molecule has 0 bridgehead atoms. The van der Waals surface area contributed by atoms with E-state index in [0.29, 0.717) is 17.7 Å². The lowest BCUT2D eigenvalue weighted by Gasteiger charge is -2.38. The minimum Gasteiger partial charge on any atom is -0.385 e. The van der Waals surface area contributed by atoms with Crippen molar-refractivity contribution in [3.05, 3.63) is 23.4 Å². The Morgan fingerprint density at radius 3 is 2.95 bits per heavy atom. The zero-order valence-electron chi connectivity index (χ0n) is 12.3. The van der Waals surface area contributed by atoms with E-state index >= 15 is 0 Å². The van der Waals surface area contributed by atoms with E-state index in [0.717, 1.165) is 30.4 Å². The smallest absolute Gasteiger partial charge is 0.129 e. The van der Waals surface area contributed by atoms with Crippen LogP contribution in [0.5, 0.6) is 0 Å². The van der Waals surface area contributed by atoms with Gasteiger partial charge in [-0.05, 0) is 56.1 Å². The predicted octanol–water partition coefficient (Wildman–Crippen LogP) is 3.40. The molecular weight excluding hydrogens is 236 g/mol. The van der Waals surface area contributed by atoms with Gasteiger partial charge in [-0.15, -0.1) is 0 Å². The first-order valence-electron chi connectivity index (χ1n) is 7.35. The van der Waals surface area contributed by atoms with E-state index in [-0.39, 0.29) is 0 Å². The summed E-state index contributed by atoms with van der Waals surface area (Å²) < 4.78 is 0. The molecule has 0 amide bonds. The average molecular weight is 262 g/mol. The van der Waals surface area contributed by atoms with Gasteiger partial charge < -0.3 is 10.8 Å². The Balaban J connectivity index is 2.23. The van der Waals surface area contributed by atoms with Gasteiger partial charge in [0, 0.05) is 11.8 Å². The van der Waals surface area contributed by atoms with Crippen LogP contribution in [0.2, 0.25) is 0 Å². The number of rotatable bonds is 3. The van der Waals surface area contributed by atoms with Crippen molar-refractivity contribution in [2.75, 3.05) is 5.73 Å². The molecule has 3 N–H and O–H groups in total. The number of nitrogen functional groups attached to an aromatic ring is 1. The molecule has 0 saturated heterocycles. The molecular formula is C16H26N2O. The van der Waals surface area contributed by atoms with Gasteiger partial charge in [0.15, 0.2) is 0 Å². The van der Waals surface area contributed by atoms with E-state index in [2.05, 4.69) is 18.8 Å². The van der Waals surface area contributed by atoms with Gasteiger partial charge in [-0.25, -0.2) is 4.98 Å². The zero-order chi connectivity index (χ0) is 14.0. The fourth-order valence-corrected chi connectivity index (χ4v) is 3.43. The summed E-state index contributed by atoms with van der Waals surface area (Å²) in [5.41, 5.74) is 7.10. The second-order valence-corrected chi connectivity index (χ2v) is 6.57. The van der Waals surface area contributed by atoms with Gasteiger partial charge in [-0.2, -0.15) is 0 Å². The molecule has 0 spiro atoms. The summed E-state index contributed by atoms with van der Waals surface area (Å²) in [6, 6.07) is 2.00. The van der Waals surface area contributed by atoms with Gasteiger partial charge >= 0.3 is 0 Å². The summed E-state index contributed by atoms with van der Waals surface area (Å²) in [5.74, 6) is 1.76. The van der Waals surface area contributed by atoms with E-state index in [9.17, 15) is 5.11 Å². The number of hydrogen-bond donors (Lipinski definition) is 2. The molecule has 1 heterocycles. The molecule has 106 valence electrons. The normalized spacial score (nSPS) is 27.7. The summed E-state index contributed by atoms with van der Waals surface area (Å²) >= 11 is 0. The van der Waals surface area contributed by atoms with Gasteiger partial charge in [0.1, 0.15) is 5.82 Å². The van der Waals surface area contributed by atoms with E-state index in [1.165, 1.54) is 12.8 Å². The molecule has 1 aliphatic carbocycles. The maximum Gasteiger partial charge on any atom is 0.129 e. The average Bonchev–Trinajstić information content (AvgIpc) is 2.31. The van der Waals surface area contributed by atoms with Crippen molar-refractivity contribution < 1.29 is 5.11 Å². The molecule has 1 aromatic rings. The van der Waals surface area contributed by atoms with Crippen molar-refractivity contribution in [1.82, 2.24) is 4.98 Å². The van der Waals surface area contributed by atoms with Gasteiger partial charge in [-0.1, -0.05) is 20.3 Å². The topological polar surface area (TPSA) is 59.1 Å². The van der Waals surface area contributed by atoms with Crippen LogP contribution in [-0.4, -0.2) is 10.1 Å².